The second-order valence-corrected chi connectivity index (χ2v) is 4.65. The van der Waals surface area contributed by atoms with E-state index in [1.807, 2.05) is 0 Å². The van der Waals surface area contributed by atoms with Crippen molar-refractivity contribution in [3.8, 4) is 0 Å². The number of hydrogen-bond acceptors (Lipinski definition) is 5. The van der Waals surface area contributed by atoms with Crippen molar-refractivity contribution in [3.63, 3.8) is 0 Å². The van der Waals surface area contributed by atoms with E-state index in [2.05, 4.69) is 37.3 Å². The molecule has 2 rings (SSSR count). The minimum absolute atomic E-state index is 0.214. The van der Waals surface area contributed by atoms with E-state index in [9.17, 15) is 4.79 Å². The summed E-state index contributed by atoms with van der Waals surface area (Å²) in [6, 6.07) is 0. The van der Waals surface area contributed by atoms with E-state index >= 15 is 0 Å². The number of aromatic amines is 1. The highest BCUT2D eigenvalue weighted by molar-refractivity contribution is 5.90. The number of rotatable bonds is 4. The Bertz CT molecular complexity index is 396. The highest BCUT2D eigenvalue weighted by atomic mass is 16.2. The number of amides is 1. The van der Waals surface area contributed by atoms with E-state index in [1.165, 1.54) is 0 Å². The molecule has 1 aromatic heterocycles. The van der Waals surface area contributed by atoms with Gasteiger partial charge in [0.2, 0.25) is 5.82 Å². The van der Waals surface area contributed by atoms with Crippen LogP contribution in [0, 0.1) is 6.92 Å². The van der Waals surface area contributed by atoms with Gasteiger partial charge in [0.1, 0.15) is 5.82 Å². The molecule has 7 heteroatoms. The summed E-state index contributed by atoms with van der Waals surface area (Å²) in [6.07, 6.45) is 0. The average molecular weight is 252 g/mol. The fourth-order valence-electron chi connectivity index (χ4n) is 1.92. The van der Waals surface area contributed by atoms with Gasteiger partial charge in [-0.25, -0.2) is 4.98 Å². The van der Waals surface area contributed by atoms with E-state index in [1.54, 1.807) is 6.92 Å². The van der Waals surface area contributed by atoms with Gasteiger partial charge in [-0.15, -0.1) is 5.10 Å². The molecule has 2 heterocycles. The Morgan fingerprint density at radius 1 is 1.39 bits per heavy atom. The zero-order chi connectivity index (χ0) is 13.0. The van der Waals surface area contributed by atoms with Crippen molar-refractivity contribution in [2.75, 3.05) is 46.3 Å². The number of likely N-dealkylation sites (N-methyl/N-ethyl adjacent to an activating group) is 1. The predicted molar refractivity (Wildman–Crippen MR) is 67.4 cm³/mol. The summed E-state index contributed by atoms with van der Waals surface area (Å²) in [7, 11) is 2.13. The monoisotopic (exact) mass is 252 g/mol. The summed E-state index contributed by atoms with van der Waals surface area (Å²) >= 11 is 0. The summed E-state index contributed by atoms with van der Waals surface area (Å²) in [6.45, 7) is 7.59. The Labute approximate surface area is 107 Å². The topological polar surface area (TPSA) is 77.2 Å². The van der Waals surface area contributed by atoms with Crippen LogP contribution >= 0.6 is 0 Å². The second-order valence-electron chi connectivity index (χ2n) is 4.65. The summed E-state index contributed by atoms with van der Waals surface area (Å²) in [4.78, 5) is 20.3. The zero-order valence-electron chi connectivity index (χ0n) is 10.9. The maximum atomic E-state index is 11.7. The fraction of sp³-hybridized carbons (Fsp3) is 0.727. The van der Waals surface area contributed by atoms with Crippen molar-refractivity contribution in [1.29, 1.82) is 0 Å². The lowest BCUT2D eigenvalue weighted by atomic mass is 10.3. The Kier molecular flexibility index (Phi) is 4.27. The Morgan fingerprint density at radius 2 is 2.11 bits per heavy atom. The first-order chi connectivity index (χ1) is 8.65. The van der Waals surface area contributed by atoms with E-state index < -0.39 is 0 Å². The van der Waals surface area contributed by atoms with Gasteiger partial charge in [0.05, 0.1) is 0 Å². The van der Waals surface area contributed by atoms with Gasteiger partial charge in [-0.05, 0) is 14.0 Å². The van der Waals surface area contributed by atoms with E-state index in [-0.39, 0.29) is 11.7 Å². The Balaban J connectivity index is 1.67. The van der Waals surface area contributed by atoms with Gasteiger partial charge in [-0.1, -0.05) is 0 Å². The smallest absolute Gasteiger partial charge is 0.291 e. The number of aryl methyl sites for hydroxylation is 1. The van der Waals surface area contributed by atoms with Crippen LogP contribution in [0.3, 0.4) is 0 Å². The largest absolute Gasteiger partial charge is 0.348 e. The Morgan fingerprint density at radius 3 is 2.72 bits per heavy atom. The molecule has 7 nitrogen and oxygen atoms in total. The van der Waals surface area contributed by atoms with Crippen LogP contribution in [0.1, 0.15) is 16.4 Å². The number of carbonyl (C=O) groups excluding carboxylic acids is 1. The average Bonchev–Trinajstić information content (AvgIpc) is 2.78. The number of hydrogen-bond donors (Lipinski definition) is 2. The molecular formula is C11H20N6O. The Hall–Kier alpha value is -1.47. The number of nitrogens with zero attached hydrogens (tertiary/aromatic N) is 4. The van der Waals surface area contributed by atoms with E-state index in [4.69, 9.17) is 0 Å². The SMILES string of the molecule is Cc1nc(C(=O)NCCN2CCN(C)CC2)n[nH]1. The zero-order valence-corrected chi connectivity index (χ0v) is 10.9. The van der Waals surface area contributed by atoms with Crippen LogP contribution in [0.25, 0.3) is 0 Å². The standard InChI is InChI=1S/C11H20N6O/c1-9-13-10(15-14-9)11(18)12-3-4-17-7-5-16(2)6-8-17/h3-8H2,1-2H3,(H,12,18)(H,13,14,15). The van der Waals surface area contributed by atoms with Crippen LogP contribution in [-0.4, -0.2) is 77.2 Å². The molecule has 2 N–H and O–H groups in total. The molecule has 1 aliphatic rings. The maximum absolute atomic E-state index is 11.7. The van der Waals surface area contributed by atoms with Crippen molar-refractivity contribution < 1.29 is 4.79 Å². The quantitative estimate of drug-likeness (QED) is 0.725. The predicted octanol–water partition coefficient (Wildman–Crippen LogP) is -0.910. The van der Waals surface area contributed by atoms with Crippen molar-refractivity contribution in [2.45, 2.75) is 6.92 Å². The number of carbonyl (C=O) groups is 1. The van der Waals surface area contributed by atoms with E-state index in [0.29, 0.717) is 12.4 Å². The van der Waals surface area contributed by atoms with Crippen LogP contribution < -0.4 is 5.32 Å². The van der Waals surface area contributed by atoms with Crippen molar-refractivity contribution in [1.82, 2.24) is 30.3 Å². The molecule has 0 saturated carbocycles. The van der Waals surface area contributed by atoms with Gasteiger partial charge in [0.15, 0.2) is 0 Å². The van der Waals surface area contributed by atoms with Crippen molar-refractivity contribution in [3.05, 3.63) is 11.6 Å². The molecule has 0 spiro atoms. The van der Waals surface area contributed by atoms with Crippen LogP contribution in [0.4, 0.5) is 0 Å². The summed E-state index contributed by atoms with van der Waals surface area (Å²) in [5.41, 5.74) is 0. The van der Waals surface area contributed by atoms with Gasteiger partial charge < -0.3 is 10.2 Å². The van der Waals surface area contributed by atoms with Crippen molar-refractivity contribution in [2.24, 2.45) is 0 Å². The van der Waals surface area contributed by atoms with Crippen molar-refractivity contribution >= 4 is 5.91 Å². The summed E-state index contributed by atoms with van der Waals surface area (Å²) in [5, 5.41) is 9.31. The van der Waals surface area contributed by atoms with Crippen LogP contribution in [-0.2, 0) is 0 Å². The molecule has 0 atom stereocenters. The van der Waals surface area contributed by atoms with E-state index in [0.717, 1.165) is 32.7 Å². The molecule has 0 aromatic carbocycles. The third kappa shape index (κ3) is 3.51. The third-order valence-electron chi connectivity index (χ3n) is 3.11. The molecule has 18 heavy (non-hydrogen) atoms. The molecule has 0 aliphatic carbocycles. The molecule has 1 fully saturated rings. The second kappa shape index (κ2) is 5.92. The van der Waals surface area contributed by atoms with Gasteiger partial charge in [0.25, 0.3) is 5.91 Å². The van der Waals surface area contributed by atoms with Gasteiger partial charge in [-0.3, -0.25) is 14.8 Å². The highest BCUT2D eigenvalue weighted by Crippen LogP contribution is 1.97. The molecule has 0 radical (unpaired) electrons. The highest BCUT2D eigenvalue weighted by Gasteiger charge is 2.14. The number of aromatic nitrogens is 3. The third-order valence-corrected chi connectivity index (χ3v) is 3.11. The molecule has 100 valence electrons. The van der Waals surface area contributed by atoms with Crippen LogP contribution in [0.15, 0.2) is 0 Å². The first kappa shape index (κ1) is 13.0. The van der Waals surface area contributed by atoms with Gasteiger partial charge >= 0.3 is 0 Å². The van der Waals surface area contributed by atoms with Crippen LogP contribution in [0.5, 0.6) is 0 Å². The molecule has 0 unspecified atom stereocenters. The van der Waals surface area contributed by atoms with Crippen LogP contribution in [0.2, 0.25) is 0 Å². The molecule has 1 aromatic rings. The number of nitrogens with one attached hydrogen (secondary N) is 2. The lowest BCUT2D eigenvalue weighted by Crippen LogP contribution is -2.47. The summed E-state index contributed by atoms with van der Waals surface area (Å²) in [5.74, 6) is 0.651. The minimum atomic E-state index is -0.214. The molecule has 0 bridgehead atoms. The first-order valence-corrected chi connectivity index (χ1v) is 6.23. The fourth-order valence-corrected chi connectivity index (χ4v) is 1.92. The molecule has 1 aliphatic heterocycles. The lowest BCUT2D eigenvalue weighted by Gasteiger charge is -2.32. The maximum Gasteiger partial charge on any atom is 0.291 e. The van der Waals surface area contributed by atoms with Gasteiger partial charge in [-0.2, -0.15) is 0 Å². The molecule has 1 amide bonds. The minimum Gasteiger partial charge on any atom is -0.348 e. The number of H-pyrrole nitrogens is 1. The lowest BCUT2D eigenvalue weighted by molar-refractivity contribution is 0.0931. The normalized spacial score (nSPS) is 17.9. The number of piperazine rings is 1. The molecular weight excluding hydrogens is 232 g/mol. The summed E-state index contributed by atoms with van der Waals surface area (Å²) < 4.78 is 0. The van der Waals surface area contributed by atoms with Gasteiger partial charge in [0, 0.05) is 39.3 Å². The molecule has 1 saturated heterocycles. The first-order valence-electron chi connectivity index (χ1n) is 6.23.